The molecule has 1 aromatic heterocycles. The maximum Gasteiger partial charge on any atom is 0.121 e. The van der Waals surface area contributed by atoms with Gasteiger partial charge in [-0.2, -0.15) is 0 Å². The molecule has 1 atom stereocenters. The molecule has 1 unspecified atom stereocenters. The summed E-state index contributed by atoms with van der Waals surface area (Å²) in [6.45, 7) is 3.38. The van der Waals surface area contributed by atoms with Crippen molar-refractivity contribution in [1.82, 2.24) is 14.9 Å². The van der Waals surface area contributed by atoms with Gasteiger partial charge in [-0.3, -0.25) is 4.90 Å². The molecule has 0 bridgehead atoms. The SMILES string of the molecule is CC(O)CCN(C)Cc1nc2ccc(N)cc2[nH]1. The Labute approximate surface area is 107 Å². The first-order valence-corrected chi connectivity index (χ1v) is 6.15. The fourth-order valence-electron chi connectivity index (χ4n) is 1.90. The number of aliphatic hydroxyl groups is 1. The number of H-pyrrole nitrogens is 1. The Morgan fingerprint density at radius 3 is 3.00 bits per heavy atom. The summed E-state index contributed by atoms with van der Waals surface area (Å²) in [4.78, 5) is 9.90. The van der Waals surface area contributed by atoms with Gasteiger partial charge in [-0.25, -0.2) is 4.98 Å². The van der Waals surface area contributed by atoms with Crippen LogP contribution in [0.25, 0.3) is 11.0 Å². The highest BCUT2D eigenvalue weighted by molar-refractivity contribution is 5.78. The van der Waals surface area contributed by atoms with Gasteiger partial charge >= 0.3 is 0 Å². The lowest BCUT2D eigenvalue weighted by Crippen LogP contribution is -2.22. The zero-order valence-electron chi connectivity index (χ0n) is 10.8. The lowest BCUT2D eigenvalue weighted by Gasteiger charge is -2.15. The van der Waals surface area contributed by atoms with Gasteiger partial charge in [0.15, 0.2) is 0 Å². The molecule has 4 N–H and O–H groups in total. The molecule has 5 heteroatoms. The average Bonchev–Trinajstić information content (AvgIpc) is 2.67. The van der Waals surface area contributed by atoms with E-state index < -0.39 is 0 Å². The number of imidazole rings is 1. The number of hydrogen-bond donors (Lipinski definition) is 3. The number of nitrogen functional groups attached to an aromatic ring is 1. The lowest BCUT2D eigenvalue weighted by atomic mass is 10.3. The summed E-state index contributed by atoms with van der Waals surface area (Å²) < 4.78 is 0. The molecule has 0 spiro atoms. The predicted molar refractivity (Wildman–Crippen MR) is 73.1 cm³/mol. The molecule has 5 nitrogen and oxygen atoms in total. The molecule has 98 valence electrons. The Morgan fingerprint density at radius 2 is 2.28 bits per heavy atom. The molecule has 0 saturated carbocycles. The summed E-state index contributed by atoms with van der Waals surface area (Å²) in [6.07, 6.45) is 0.506. The monoisotopic (exact) mass is 248 g/mol. The molecule has 1 aromatic carbocycles. The number of benzene rings is 1. The van der Waals surface area contributed by atoms with Crippen molar-refractivity contribution >= 4 is 16.7 Å². The van der Waals surface area contributed by atoms with E-state index in [1.54, 1.807) is 6.92 Å². The van der Waals surface area contributed by atoms with Gasteiger partial charge < -0.3 is 15.8 Å². The second-order valence-corrected chi connectivity index (χ2v) is 4.84. The molecule has 0 aliphatic carbocycles. The van der Waals surface area contributed by atoms with Gasteiger partial charge in [0, 0.05) is 12.2 Å². The fraction of sp³-hybridized carbons (Fsp3) is 0.462. The predicted octanol–water partition coefficient (Wildman–Crippen LogP) is 1.35. The molecular formula is C13H20N4O. The zero-order chi connectivity index (χ0) is 13.1. The smallest absolute Gasteiger partial charge is 0.121 e. The van der Waals surface area contributed by atoms with E-state index in [0.29, 0.717) is 0 Å². The normalized spacial score (nSPS) is 13.3. The largest absolute Gasteiger partial charge is 0.399 e. The van der Waals surface area contributed by atoms with Crippen LogP contribution in [0.2, 0.25) is 0 Å². The third-order valence-electron chi connectivity index (χ3n) is 2.90. The van der Waals surface area contributed by atoms with Gasteiger partial charge in [0.25, 0.3) is 0 Å². The number of nitrogens with two attached hydrogens (primary N) is 1. The highest BCUT2D eigenvalue weighted by atomic mass is 16.3. The van der Waals surface area contributed by atoms with Crippen molar-refractivity contribution in [2.45, 2.75) is 26.0 Å². The molecular weight excluding hydrogens is 228 g/mol. The van der Waals surface area contributed by atoms with Crippen LogP contribution < -0.4 is 5.73 Å². The van der Waals surface area contributed by atoms with Crippen LogP contribution in [-0.2, 0) is 6.54 Å². The number of fused-ring (bicyclic) bond motifs is 1. The van der Waals surface area contributed by atoms with E-state index >= 15 is 0 Å². The van der Waals surface area contributed by atoms with Crippen LogP contribution in [0.4, 0.5) is 5.69 Å². The first-order valence-electron chi connectivity index (χ1n) is 6.15. The van der Waals surface area contributed by atoms with Gasteiger partial charge in [-0.05, 0) is 38.6 Å². The molecule has 1 heterocycles. The molecule has 0 radical (unpaired) electrons. The second kappa shape index (κ2) is 5.37. The van der Waals surface area contributed by atoms with E-state index in [4.69, 9.17) is 5.73 Å². The van der Waals surface area contributed by atoms with Crippen molar-refractivity contribution < 1.29 is 5.11 Å². The zero-order valence-corrected chi connectivity index (χ0v) is 10.8. The molecule has 0 aliphatic heterocycles. The minimum Gasteiger partial charge on any atom is -0.399 e. The number of rotatable bonds is 5. The number of nitrogens with one attached hydrogen (secondary N) is 1. The molecule has 0 aliphatic rings. The highest BCUT2D eigenvalue weighted by Crippen LogP contribution is 2.15. The van der Waals surface area contributed by atoms with Crippen LogP contribution in [0, 0.1) is 0 Å². The molecule has 2 aromatic rings. The standard InChI is InChI=1S/C13H20N4O/c1-9(18)5-6-17(2)8-13-15-11-4-3-10(14)7-12(11)16-13/h3-4,7,9,18H,5-6,8,14H2,1-2H3,(H,15,16). The van der Waals surface area contributed by atoms with Crippen LogP contribution in [0.3, 0.4) is 0 Å². The Hall–Kier alpha value is -1.59. The van der Waals surface area contributed by atoms with E-state index in [-0.39, 0.29) is 6.10 Å². The second-order valence-electron chi connectivity index (χ2n) is 4.84. The summed E-state index contributed by atoms with van der Waals surface area (Å²) in [7, 11) is 2.02. The van der Waals surface area contributed by atoms with Crippen LogP contribution in [-0.4, -0.2) is 39.7 Å². The molecule has 18 heavy (non-hydrogen) atoms. The number of anilines is 1. The summed E-state index contributed by atoms with van der Waals surface area (Å²) in [6, 6.07) is 5.66. The van der Waals surface area contributed by atoms with Gasteiger partial charge in [0.2, 0.25) is 0 Å². The Balaban J connectivity index is 2.03. The maximum absolute atomic E-state index is 9.25. The number of hydrogen-bond acceptors (Lipinski definition) is 4. The molecule has 2 rings (SSSR count). The van der Waals surface area contributed by atoms with Crippen LogP contribution >= 0.6 is 0 Å². The number of aliphatic hydroxyl groups excluding tert-OH is 1. The van der Waals surface area contributed by atoms with Crippen molar-refractivity contribution in [2.75, 3.05) is 19.3 Å². The summed E-state index contributed by atoms with van der Waals surface area (Å²) in [5, 5.41) is 9.25. The number of nitrogens with zero attached hydrogens (tertiary/aromatic N) is 2. The van der Waals surface area contributed by atoms with E-state index in [2.05, 4.69) is 14.9 Å². The molecule has 0 amide bonds. The summed E-state index contributed by atoms with van der Waals surface area (Å²) >= 11 is 0. The average molecular weight is 248 g/mol. The molecule has 0 saturated heterocycles. The Morgan fingerprint density at radius 1 is 1.50 bits per heavy atom. The van der Waals surface area contributed by atoms with Crippen molar-refractivity contribution in [3.63, 3.8) is 0 Å². The van der Waals surface area contributed by atoms with Crippen molar-refractivity contribution in [3.05, 3.63) is 24.0 Å². The van der Waals surface area contributed by atoms with Crippen LogP contribution in [0.15, 0.2) is 18.2 Å². The third-order valence-corrected chi connectivity index (χ3v) is 2.90. The van der Waals surface area contributed by atoms with Crippen molar-refractivity contribution in [2.24, 2.45) is 0 Å². The van der Waals surface area contributed by atoms with Gasteiger partial charge in [-0.15, -0.1) is 0 Å². The first kappa shape index (κ1) is 12.9. The minimum absolute atomic E-state index is 0.261. The van der Waals surface area contributed by atoms with E-state index in [9.17, 15) is 5.11 Å². The summed E-state index contributed by atoms with van der Waals surface area (Å²) in [5.74, 6) is 0.920. The van der Waals surface area contributed by atoms with Gasteiger partial charge in [-0.1, -0.05) is 0 Å². The van der Waals surface area contributed by atoms with Crippen LogP contribution in [0.1, 0.15) is 19.2 Å². The fourth-order valence-corrected chi connectivity index (χ4v) is 1.90. The van der Waals surface area contributed by atoms with Gasteiger partial charge in [0.05, 0.1) is 23.7 Å². The quantitative estimate of drug-likeness (QED) is 0.698. The van der Waals surface area contributed by atoms with Crippen molar-refractivity contribution in [3.8, 4) is 0 Å². The van der Waals surface area contributed by atoms with E-state index in [1.807, 2.05) is 25.2 Å². The first-order chi connectivity index (χ1) is 8.54. The maximum atomic E-state index is 9.25. The Kier molecular flexibility index (Phi) is 3.84. The Bertz CT molecular complexity index is 521. The topological polar surface area (TPSA) is 78.2 Å². The molecule has 0 fully saturated rings. The van der Waals surface area contributed by atoms with E-state index in [1.165, 1.54) is 0 Å². The van der Waals surface area contributed by atoms with Crippen molar-refractivity contribution in [1.29, 1.82) is 0 Å². The van der Waals surface area contributed by atoms with Gasteiger partial charge in [0.1, 0.15) is 5.82 Å². The highest BCUT2D eigenvalue weighted by Gasteiger charge is 2.07. The number of aromatic amines is 1. The third kappa shape index (κ3) is 3.21. The lowest BCUT2D eigenvalue weighted by molar-refractivity contribution is 0.162. The minimum atomic E-state index is -0.261. The van der Waals surface area contributed by atoms with Crippen LogP contribution in [0.5, 0.6) is 0 Å². The number of aromatic nitrogens is 2. The van der Waals surface area contributed by atoms with E-state index in [0.717, 1.165) is 42.1 Å². The summed E-state index contributed by atoms with van der Waals surface area (Å²) in [5.41, 5.74) is 8.37.